The van der Waals surface area contributed by atoms with Gasteiger partial charge in [-0.15, -0.1) is 0 Å². The third kappa shape index (κ3) is 5.62. The van der Waals surface area contributed by atoms with Gasteiger partial charge in [0.25, 0.3) is 0 Å². The van der Waals surface area contributed by atoms with E-state index in [0.717, 1.165) is 23.3 Å². The fourth-order valence-corrected chi connectivity index (χ4v) is 7.14. The van der Waals surface area contributed by atoms with Gasteiger partial charge in [-0.05, 0) is 41.8 Å². The van der Waals surface area contributed by atoms with Crippen LogP contribution in [0.1, 0.15) is 17.5 Å². The van der Waals surface area contributed by atoms with Crippen molar-refractivity contribution in [2.24, 2.45) is 0 Å². The molecule has 1 aliphatic heterocycles. The van der Waals surface area contributed by atoms with Gasteiger partial charge in [-0.3, -0.25) is 0 Å². The number of hydrogen-bond acceptors (Lipinski definition) is 5. The summed E-state index contributed by atoms with van der Waals surface area (Å²) in [7, 11) is -3.68. The largest absolute Gasteiger partial charge is 0.355 e. The van der Waals surface area contributed by atoms with Gasteiger partial charge in [-0.25, -0.2) is 12.8 Å². The minimum Gasteiger partial charge on any atom is -0.355 e. The Morgan fingerprint density at radius 1 is 0.917 bits per heavy atom. The molecule has 0 atom stereocenters. The zero-order valence-electron chi connectivity index (χ0n) is 19.6. The Labute approximate surface area is 221 Å². The van der Waals surface area contributed by atoms with Gasteiger partial charge in [0.15, 0.2) is 0 Å². The number of benzene rings is 3. The monoisotopic (exact) mass is 539 g/mol. The number of thiocarbonyl (C=S) groups is 1. The average Bonchev–Trinajstić information content (AvgIpc) is 2.92. The van der Waals surface area contributed by atoms with E-state index >= 15 is 0 Å². The van der Waals surface area contributed by atoms with Crippen molar-refractivity contribution in [2.75, 3.05) is 31.9 Å². The molecule has 4 rings (SSSR count). The van der Waals surface area contributed by atoms with Gasteiger partial charge in [0.1, 0.15) is 15.6 Å². The first-order valence-electron chi connectivity index (χ1n) is 11.6. The molecular weight excluding hydrogens is 514 g/mol. The lowest BCUT2D eigenvalue weighted by molar-refractivity contribution is 0.272. The van der Waals surface area contributed by atoms with Crippen LogP contribution in [0.25, 0.3) is 0 Å². The number of piperazine rings is 1. The highest BCUT2D eigenvalue weighted by molar-refractivity contribution is 8.22. The molecule has 0 saturated carbocycles. The van der Waals surface area contributed by atoms with Crippen LogP contribution in [-0.4, -0.2) is 53.9 Å². The molecule has 0 N–H and O–H groups in total. The van der Waals surface area contributed by atoms with Crippen LogP contribution >= 0.6 is 24.0 Å². The second-order valence-electron chi connectivity index (χ2n) is 8.46. The van der Waals surface area contributed by atoms with Crippen molar-refractivity contribution in [3.8, 4) is 6.07 Å². The van der Waals surface area contributed by atoms with Crippen LogP contribution in [0, 0.1) is 17.1 Å². The normalized spacial score (nSPS) is 14.8. The molecule has 1 heterocycles. The summed E-state index contributed by atoms with van der Waals surface area (Å²) in [5.74, 6) is 0.172. The molecule has 3 aromatic carbocycles. The van der Waals surface area contributed by atoms with E-state index in [1.165, 1.54) is 28.2 Å². The number of hydrogen-bond donors (Lipinski definition) is 0. The van der Waals surface area contributed by atoms with Gasteiger partial charge in [-0.2, -0.15) is 9.57 Å². The maximum Gasteiger partial charge on any atom is 0.243 e. The summed E-state index contributed by atoms with van der Waals surface area (Å²) >= 11 is 7.19. The molecule has 0 bridgehead atoms. The highest BCUT2D eigenvalue weighted by Gasteiger charge is 2.35. The molecule has 0 aromatic heterocycles. The summed E-state index contributed by atoms with van der Waals surface area (Å²) in [6.45, 7) is 1.56. The van der Waals surface area contributed by atoms with Crippen LogP contribution < -0.4 is 0 Å². The van der Waals surface area contributed by atoms with Gasteiger partial charge in [0.05, 0.1) is 11.0 Å². The second-order valence-corrected chi connectivity index (χ2v) is 12.1. The first-order valence-corrected chi connectivity index (χ1v) is 14.4. The number of rotatable bonds is 7. The summed E-state index contributed by atoms with van der Waals surface area (Å²) < 4.78 is 41.1. The van der Waals surface area contributed by atoms with Gasteiger partial charge in [-0.1, -0.05) is 84.6 Å². The highest BCUT2D eigenvalue weighted by atomic mass is 32.2. The van der Waals surface area contributed by atoms with Crippen LogP contribution in [0.2, 0.25) is 0 Å². The van der Waals surface area contributed by atoms with Crippen LogP contribution in [0.15, 0.2) is 89.8 Å². The van der Waals surface area contributed by atoms with Crippen LogP contribution in [-0.2, 0) is 15.4 Å². The van der Waals surface area contributed by atoms with E-state index in [-0.39, 0.29) is 4.90 Å². The summed E-state index contributed by atoms with van der Waals surface area (Å²) in [6.07, 6.45) is 0.585. The van der Waals surface area contributed by atoms with Crippen molar-refractivity contribution in [1.82, 2.24) is 9.21 Å². The standard InChI is InChI=1S/C27H26FN3O2S3/c28-24-11-13-25(14-12-24)36(32,33)31-18-16-30(17-19-31)26(34)35-20-15-27(21-29,22-7-3-1-4-8-22)23-9-5-2-6-10-23/h1-14H,15-20H2. The Kier molecular flexibility index (Phi) is 8.42. The molecule has 36 heavy (non-hydrogen) atoms. The summed E-state index contributed by atoms with van der Waals surface area (Å²) in [5.41, 5.74) is 1.11. The Morgan fingerprint density at radius 2 is 1.44 bits per heavy atom. The highest BCUT2D eigenvalue weighted by Crippen LogP contribution is 2.36. The molecule has 1 saturated heterocycles. The van der Waals surface area contributed by atoms with E-state index in [9.17, 15) is 18.1 Å². The topological polar surface area (TPSA) is 64.4 Å². The SMILES string of the molecule is N#CC(CCSC(=S)N1CCN(S(=O)(=O)c2ccc(F)cc2)CC1)(c1ccccc1)c1ccccc1. The van der Waals surface area contributed by atoms with Crippen molar-refractivity contribution < 1.29 is 12.8 Å². The maximum absolute atomic E-state index is 13.2. The quantitative estimate of drug-likeness (QED) is 0.392. The number of thioether (sulfide) groups is 1. The number of nitriles is 1. The lowest BCUT2D eigenvalue weighted by atomic mass is 9.74. The predicted octanol–water partition coefficient (Wildman–Crippen LogP) is 5.05. The molecule has 1 fully saturated rings. The fourth-order valence-electron chi connectivity index (χ4n) is 4.34. The number of nitrogens with zero attached hydrogens (tertiary/aromatic N) is 3. The van der Waals surface area contributed by atoms with E-state index in [0.29, 0.717) is 42.7 Å². The van der Waals surface area contributed by atoms with E-state index in [1.807, 2.05) is 65.6 Å². The first-order chi connectivity index (χ1) is 17.4. The predicted molar refractivity (Wildman–Crippen MR) is 146 cm³/mol. The molecular formula is C27H26FN3O2S3. The van der Waals surface area contributed by atoms with Crippen LogP contribution in [0.4, 0.5) is 4.39 Å². The molecule has 0 radical (unpaired) electrons. The van der Waals surface area contributed by atoms with Gasteiger partial charge in [0, 0.05) is 31.9 Å². The van der Waals surface area contributed by atoms with Crippen molar-refractivity contribution in [3.63, 3.8) is 0 Å². The van der Waals surface area contributed by atoms with Gasteiger partial charge in [0.2, 0.25) is 10.0 Å². The van der Waals surface area contributed by atoms with Crippen molar-refractivity contribution in [3.05, 3.63) is 102 Å². The van der Waals surface area contributed by atoms with Crippen molar-refractivity contribution >= 4 is 38.3 Å². The summed E-state index contributed by atoms with van der Waals surface area (Å²) in [6, 6.07) is 27.1. The molecule has 1 aliphatic rings. The zero-order chi connectivity index (χ0) is 25.6. The van der Waals surface area contributed by atoms with Crippen molar-refractivity contribution in [2.45, 2.75) is 16.7 Å². The Hall–Kier alpha value is -2.77. The Balaban J connectivity index is 1.38. The third-order valence-corrected chi connectivity index (χ3v) is 9.81. The Bertz CT molecular complexity index is 1280. The molecule has 5 nitrogen and oxygen atoms in total. The molecule has 0 spiro atoms. The number of halogens is 1. The molecule has 0 unspecified atom stereocenters. The van der Waals surface area contributed by atoms with Crippen LogP contribution in [0.3, 0.4) is 0 Å². The van der Waals surface area contributed by atoms with Gasteiger partial charge >= 0.3 is 0 Å². The average molecular weight is 540 g/mol. The molecule has 9 heteroatoms. The lowest BCUT2D eigenvalue weighted by Crippen LogP contribution is -2.49. The number of sulfonamides is 1. The second kappa shape index (κ2) is 11.5. The zero-order valence-corrected chi connectivity index (χ0v) is 22.0. The Morgan fingerprint density at radius 3 is 1.94 bits per heavy atom. The molecule has 186 valence electrons. The first kappa shape index (κ1) is 26.3. The molecule has 0 amide bonds. The smallest absolute Gasteiger partial charge is 0.243 e. The van der Waals surface area contributed by atoms with Crippen LogP contribution in [0.5, 0.6) is 0 Å². The molecule has 3 aromatic rings. The van der Waals surface area contributed by atoms with Crippen molar-refractivity contribution in [1.29, 1.82) is 5.26 Å². The molecule has 0 aliphatic carbocycles. The minimum atomic E-state index is -3.68. The fraction of sp³-hybridized carbons (Fsp3) is 0.259. The maximum atomic E-state index is 13.2. The summed E-state index contributed by atoms with van der Waals surface area (Å²) in [5, 5.41) is 10.3. The van der Waals surface area contributed by atoms with E-state index in [4.69, 9.17) is 12.2 Å². The third-order valence-electron chi connectivity index (χ3n) is 6.37. The van der Waals surface area contributed by atoms with E-state index < -0.39 is 21.3 Å². The van der Waals surface area contributed by atoms with Gasteiger partial charge < -0.3 is 4.90 Å². The van der Waals surface area contributed by atoms with E-state index in [2.05, 4.69) is 6.07 Å². The minimum absolute atomic E-state index is 0.0870. The summed E-state index contributed by atoms with van der Waals surface area (Å²) in [4.78, 5) is 2.10. The lowest BCUT2D eigenvalue weighted by Gasteiger charge is -2.35. The van der Waals surface area contributed by atoms with E-state index in [1.54, 1.807) is 0 Å².